The molecule has 15 heteroatoms. The van der Waals surface area contributed by atoms with Crippen LogP contribution >= 0.6 is 0 Å². The Morgan fingerprint density at radius 2 is 1.55 bits per heavy atom. The molecule has 0 radical (unpaired) electrons. The number of carbonyl (C=O) groups excluding carboxylic acids is 5. The minimum absolute atomic E-state index is 0.00906. The van der Waals surface area contributed by atoms with Crippen LogP contribution in [0.25, 0.3) is 0 Å². The van der Waals surface area contributed by atoms with Crippen molar-refractivity contribution >= 4 is 39.7 Å². The van der Waals surface area contributed by atoms with Crippen LogP contribution in [0.2, 0.25) is 0 Å². The molecule has 4 N–H and O–H groups in total. The minimum atomic E-state index is -3.74. The van der Waals surface area contributed by atoms with Crippen molar-refractivity contribution < 1.29 is 32.4 Å². The molecule has 2 saturated carbocycles. The molecule has 6 atom stereocenters. The van der Waals surface area contributed by atoms with Crippen LogP contribution in [0.5, 0.6) is 0 Å². The molecular formula is C34H59N7O7S. The predicted molar refractivity (Wildman–Crippen MR) is 187 cm³/mol. The van der Waals surface area contributed by atoms with E-state index in [2.05, 4.69) is 41.7 Å². The second-order valence-electron chi connectivity index (χ2n) is 16.8. The Balaban J connectivity index is 1.84. The van der Waals surface area contributed by atoms with Crippen molar-refractivity contribution in [3.05, 3.63) is 12.7 Å². The maximum absolute atomic E-state index is 14.4. The third-order valence-corrected chi connectivity index (χ3v) is 12.5. The lowest BCUT2D eigenvalue weighted by Crippen LogP contribution is -2.63. The summed E-state index contributed by atoms with van der Waals surface area (Å²) < 4.78 is 27.7. The quantitative estimate of drug-likeness (QED) is 0.156. The van der Waals surface area contributed by atoms with Crippen LogP contribution in [0.15, 0.2) is 12.7 Å². The number of amides is 5. The van der Waals surface area contributed by atoms with Gasteiger partial charge in [0.25, 0.3) is 16.1 Å². The smallest absolute Gasteiger partial charge is 0.315 e. The zero-order valence-corrected chi connectivity index (χ0v) is 32.0. The van der Waals surface area contributed by atoms with E-state index in [1.807, 2.05) is 41.5 Å². The molecule has 1 heterocycles. The third kappa shape index (κ3) is 8.83. The summed E-state index contributed by atoms with van der Waals surface area (Å²) in [7, 11) is 0.563. The van der Waals surface area contributed by atoms with Gasteiger partial charge in [0.05, 0.1) is 0 Å². The molecule has 0 aromatic carbocycles. The highest BCUT2D eigenvalue weighted by Crippen LogP contribution is 2.65. The average Bonchev–Trinajstić information content (AvgIpc) is 3.26. The summed E-state index contributed by atoms with van der Waals surface area (Å²) in [5, 5.41) is 11.1. The lowest BCUT2D eigenvalue weighted by Gasteiger charge is -2.39. The van der Waals surface area contributed by atoms with E-state index in [1.54, 1.807) is 0 Å². The maximum Gasteiger partial charge on any atom is 0.315 e. The van der Waals surface area contributed by atoms with Crippen molar-refractivity contribution in [2.75, 3.05) is 40.8 Å². The lowest BCUT2D eigenvalue weighted by molar-refractivity contribution is -0.146. The number of likely N-dealkylation sites (tertiary alicyclic amines) is 1. The molecule has 5 amide bonds. The average molecular weight is 710 g/mol. The van der Waals surface area contributed by atoms with Gasteiger partial charge in [0.1, 0.15) is 18.1 Å². The highest BCUT2D eigenvalue weighted by atomic mass is 32.2. The first-order valence-electron chi connectivity index (χ1n) is 17.1. The Morgan fingerprint density at radius 1 is 0.959 bits per heavy atom. The number of nitrogens with one attached hydrogen (secondary N) is 4. The second-order valence-corrected chi connectivity index (χ2v) is 19.1. The number of fused-ring (bicyclic) bond motifs is 1. The molecule has 1 saturated heterocycles. The van der Waals surface area contributed by atoms with Crippen molar-refractivity contribution in [3.63, 3.8) is 0 Å². The van der Waals surface area contributed by atoms with E-state index in [0.29, 0.717) is 19.4 Å². The number of hydrogen-bond donors (Lipinski definition) is 4. The minimum Gasteiger partial charge on any atom is -0.346 e. The summed E-state index contributed by atoms with van der Waals surface area (Å²) in [4.78, 5) is 69.4. The Morgan fingerprint density at radius 3 is 2.02 bits per heavy atom. The van der Waals surface area contributed by atoms with Gasteiger partial charge in [-0.2, -0.15) is 17.0 Å². The number of rotatable bonds is 14. The first kappa shape index (κ1) is 40.4. The topological polar surface area (TPSA) is 177 Å². The zero-order valence-electron chi connectivity index (χ0n) is 31.2. The van der Waals surface area contributed by atoms with Crippen LogP contribution in [-0.2, 0) is 29.4 Å². The summed E-state index contributed by atoms with van der Waals surface area (Å²) in [6.07, 6.45) is 3.77. The first-order valence-corrected chi connectivity index (χ1v) is 18.5. The number of hydrogen-bond acceptors (Lipinski definition) is 7. The molecule has 1 unspecified atom stereocenters. The summed E-state index contributed by atoms with van der Waals surface area (Å²) in [5.74, 6) is -2.69. The predicted octanol–water partition coefficient (Wildman–Crippen LogP) is 1.49. The highest BCUT2D eigenvalue weighted by Gasteiger charge is 2.70. The first-order chi connectivity index (χ1) is 22.4. The molecular weight excluding hydrogens is 650 g/mol. The van der Waals surface area contributed by atoms with E-state index >= 15 is 0 Å². The number of Topliss-reactive ketones (excluding diaryl/α,β-unsaturated/α-hetero) is 1. The fourth-order valence-electron chi connectivity index (χ4n) is 6.93. The molecule has 1 aliphatic heterocycles. The van der Waals surface area contributed by atoms with E-state index in [-0.39, 0.29) is 36.3 Å². The molecule has 0 bridgehead atoms. The van der Waals surface area contributed by atoms with Crippen molar-refractivity contribution in [1.82, 2.24) is 34.8 Å². The third-order valence-electron chi connectivity index (χ3n) is 10.6. The molecule has 2 aliphatic carbocycles. The Kier molecular flexibility index (Phi) is 12.1. The molecule has 0 aromatic heterocycles. The number of likely N-dealkylation sites (N-methyl/N-ethyl adjacent to an activating group) is 1. The standard InChI is InChI=1S/C34H59N7O7S/c1-13-17-35-29(44)26(42)24(20-15-14-16-20)37-28(43)25-23-21(34(23,8)9)18-41(25)30(45)27(33(5,6)7)38-31(46)36-22(32(2,3)4)19-40(12)49(47,48)39(10)11/h13,20-25,27H,1,14-19H2,2-12H3,(H,35,44)(H,37,43)(H2,36,38,46)/t21-,22+,23-,24?,25-,27+/m0/s1. The summed E-state index contributed by atoms with van der Waals surface area (Å²) in [5.41, 5.74) is -1.53. The van der Waals surface area contributed by atoms with E-state index < -0.39 is 74.7 Å². The number of urea groups is 1. The van der Waals surface area contributed by atoms with Crippen molar-refractivity contribution in [1.29, 1.82) is 0 Å². The maximum atomic E-state index is 14.4. The molecule has 278 valence electrons. The van der Waals surface area contributed by atoms with Crippen LogP contribution in [0.3, 0.4) is 0 Å². The second kappa shape index (κ2) is 14.7. The Hall–Kier alpha value is -3.04. The molecule has 3 rings (SSSR count). The molecule has 3 fully saturated rings. The van der Waals surface area contributed by atoms with Crippen molar-refractivity contribution in [3.8, 4) is 0 Å². The van der Waals surface area contributed by atoms with Gasteiger partial charge in [-0.1, -0.05) is 67.9 Å². The summed E-state index contributed by atoms with van der Waals surface area (Å²) in [6.45, 7) is 19.2. The van der Waals surface area contributed by atoms with Gasteiger partial charge in [-0.3, -0.25) is 19.2 Å². The van der Waals surface area contributed by atoms with E-state index in [4.69, 9.17) is 0 Å². The molecule has 0 aromatic rings. The molecule has 14 nitrogen and oxygen atoms in total. The van der Waals surface area contributed by atoms with E-state index in [1.165, 1.54) is 36.4 Å². The van der Waals surface area contributed by atoms with E-state index in [0.717, 1.165) is 10.7 Å². The monoisotopic (exact) mass is 709 g/mol. The van der Waals surface area contributed by atoms with Crippen LogP contribution in [-0.4, -0.2) is 116 Å². The summed E-state index contributed by atoms with van der Waals surface area (Å²) in [6, 6.07) is -4.20. The number of ketones is 1. The van der Waals surface area contributed by atoms with Gasteiger partial charge in [-0.05, 0) is 46.8 Å². The normalized spacial score (nSPS) is 23.9. The van der Waals surface area contributed by atoms with Gasteiger partial charge in [0.2, 0.25) is 17.6 Å². The van der Waals surface area contributed by atoms with E-state index in [9.17, 15) is 32.4 Å². The number of carbonyl (C=O) groups is 5. The highest BCUT2D eigenvalue weighted by molar-refractivity contribution is 7.86. The molecule has 3 aliphatic rings. The van der Waals surface area contributed by atoms with Gasteiger partial charge in [-0.25, -0.2) is 4.79 Å². The molecule has 49 heavy (non-hydrogen) atoms. The van der Waals surface area contributed by atoms with Crippen LogP contribution in [0.1, 0.15) is 74.7 Å². The van der Waals surface area contributed by atoms with Crippen molar-refractivity contribution in [2.24, 2.45) is 34.0 Å². The van der Waals surface area contributed by atoms with Crippen molar-refractivity contribution in [2.45, 2.75) is 98.8 Å². The zero-order chi connectivity index (χ0) is 37.4. The lowest BCUT2D eigenvalue weighted by atomic mass is 9.77. The van der Waals surface area contributed by atoms with Crippen LogP contribution in [0.4, 0.5) is 4.79 Å². The van der Waals surface area contributed by atoms with Gasteiger partial charge < -0.3 is 26.2 Å². The fourth-order valence-corrected chi connectivity index (χ4v) is 7.82. The van der Waals surface area contributed by atoms with Gasteiger partial charge in [-0.15, -0.1) is 6.58 Å². The number of nitrogens with zero attached hydrogens (tertiary/aromatic N) is 3. The van der Waals surface area contributed by atoms with Gasteiger partial charge >= 0.3 is 6.03 Å². The summed E-state index contributed by atoms with van der Waals surface area (Å²) >= 11 is 0. The Labute approximate surface area is 292 Å². The fraction of sp³-hybridized carbons (Fsp3) is 0.794. The van der Waals surface area contributed by atoms with Gasteiger partial charge in [0.15, 0.2) is 0 Å². The van der Waals surface area contributed by atoms with Gasteiger partial charge in [0, 0.05) is 46.8 Å². The molecule has 0 spiro atoms. The van der Waals surface area contributed by atoms with Crippen LogP contribution < -0.4 is 21.3 Å². The largest absolute Gasteiger partial charge is 0.346 e. The van der Waals surface area contributed by atoms with Crippen LogP contribution in [0, 0.1) is 34.0 Å². The Bertz CT molecular complexity index is 1410. The number of piperidine rings is 1. The SMILES string of the molecule is C=CCNC(=O)C(=O)C(NC(=O)[C@@H]1[C@@H]2[C@H](CN1C(=O)[C@@H](NC(=O)N[C@H](CN(C)S(=O)(=O)N(C)C)C(C)(C)C)C(C)(C)C)C2(C)C)C1CCC1.